The fourth-order valence-corrected chi connectivity index (χ4v) is 5.74. The van der Waals surface area contributed by atoms with E-state index in [1.54, 1.807) is 0 Å². The van der Waals surface area contributed by atoms with Crippen molar-refractivity contribution in [1.29, 1.82) is 0 Å². The quantitative estimate of drug-likeness (QED) is 0.0258. The van der Waals surface area contributed by atoms with Gasteiger partial charge in [-0.05, 0) is 25.2 Å². The third kappa shape index (κ3) is 35.8. The van der Waals surface area contributed by atoms with Gasteiger partial charge in [0.1, 0.15) is 0 Å². The van der Waals surface area contributed by atoms with Crippen LogP contribution in [0.2, 0.25) is 0 Å². The van der Waals surface area contributed by atoms with E-state index >= 15 is 0 Å². The molecule has 0 saturated carbocycles. The number of unbranched alkanes of at least 4 members (excludes halogenated alkanes) is 1. The first-order valence-electron chi connectivity index (χ1n) is 18.0. The molecule has 17 nitrogen and oxygen atoms in total. The molecule has 0 aliphatic heterocycles. The molecule has 0 fully saturated rings. The minimum absolute atomic E-state index is 0.0108. The predicted octanol–water partition coefficient (Wildman–Crippen LogP) is -1.45. The largest absolute Gasteiger partial charge is 0.389 e. The molecule has 0 radical (unpaired) electrons. The highest BCUT2D eigenvalue weighted by Crippen LogP contribution is 2.12. The van der Waals surface area contributed by atoms with Crippen LogP contribution in [0.4, 0.5) is 0 Å². The Kier molecular flexibility index (Phi) is 31.5. The Bertz CT molecular complexity index is 985. The number of hydrogen-bond acceptors (Lipinski definition) is 15. The molecule has 0 aromatic rings. The summed E-state index contributed by atoms with van der Waals surface area (Å²) in [5.41, 5.74) is 0. The van der Waals surface area contributed by atoms with Gasteiger partial charge in [0, 0.05) is 91.8 Å². The van der Waals surface area contributed by atoms with Crippen LogP contribution in [0.5, 0.6) is 0 Å². The zero-order valence-corrected chi connectivity index (χ0v) is 32.0. The molecule has 50 heavy (non-hydrogen) atoms. The Labute approximate surface area is 301 Å². The highest BCUT2D eigenvalue weighted by atomic mass is 32.2. The third-order valence-corrected chi connectivity index (χ3v) is 9.21. The van der Waals surface area contributed by atoms with E-state index in [2.05, 4.69) is 35.1 Å². The summed E-state index contributed by atoms with van der Waals surface area (Å²) in [6, 6.07) is 0. The smallest absolute Gasteiger partial charge is 0.264 e. The molecule has 0 aliphatic rings. The lowest BCUT2D eigenvalue weighted by Gasteiger charge is -2.25. The van der Waals surface area contributed by atoms with Gasteiger partial charge in [-0.15, -0.1) is 0 Å². The molecule has 0 saturated heterocycles. The lowest BCUT2D eigenvalue weighted by molar-refractivity contribution is 0.0166. The maximum atomic E-state index is 10.8. The summed E-state index contributed by atoms with van der Waals surface area (Å²) < 4.78 is 77.0. The zero-order chi connectivity index (χ0) is 37.5. The van der Waals surface area contributed by atoms with Crippen LogP contribution < -0.4 is 21.3 Å². The van der Waals surface area contributed by atoms with E-state index in [1.165, 1.54) is 19.3 Å². The molecular weight excluding hydrogens is 698 g/mol. The van der Waals surface area contributed by atoms with Crippen LogP contribution in [0.15, 0.2) is 0 Å². The summed E-state index contributed by atoms with van der Waals surface area (Å²) in [6.45, 7) is 11.9. The lowest BCUT2D eigenvalue weighted by atomic mass is 10.0. The molecule has 4 atom stereocenters. The number of nitrogens with one attached hydrogen (secondary N) is 4. The maximum absolute atomic E-state index is 10.8. The molecule has 9 N–H and O–H groups in total. The van der Waals surface area contributed by atoms with Crippen LogP contribution in [0.1, 0.15) is 52.4 Å². The van der Waals surface area contributed by atoms with E-state index < -0.39 is 50.1 Å². The highest BCUT2D eigenvalue weighted by Gasteiger charge is 2.14. The van der Waals surface area contributed by atoms with Crippen molar-refractivity contribution in [2.75, 3.05) is 123 Å². The molecule has 19 heteroatoms. The summed E-state index contributed by atoms with van der Waals surface area (Å²) in [5, 5.41) is 43.8. The van der Waals surface area contributed by atoms with Crippen molar-refractivity contribution in [1.82, 2.24) is 26.2 Å². The SMILES string of the molecule is CCCCC(CC)COCC(O)CNCCNCCNCCN(CCNCC(O)COCCCS(=O)(=O)O)CC(O)COCCCS(=O)(=O)O. The first-order valence-corrected chi connectivity index (χ1v) is 21.2. The van der Waals surface area contributed by atoms with Gasteiger partial charge in [0.2, 0.25) is 0 Å². The number of ether oxygens (including phenoxy) is 3. The van der Waals surface area contributed by atoms with Crippen molar-refractivity contribution in [2.45, 2.75) is 70.7 Å². The van der Waals surface area contributed by atoms with E-state index in [0.29, 0.717) is 58.4 Å². The summed E-state index contributed by atoms with van der Waals surface area (Å²) in [7, 11) is -8.09. The second kappa shape index (κ2) is 31.9. The van der Waals surface area contributed by atoms with E-state index in [0.717, 1.165) is 32.6 Å². The van der Waals surface area contributed by atoms with Gasteiger partial charge in [-0.2, -0.15) is 16.8 Å². The monoisotopic (exact) mass is 767 g/mol. The topological polar surface area (TPSA) is 248 Å². The molecule has 0 bridgehead atoms. The number of nitrogens with zero attached hydrogens (tertiary/aromatic N) is 1. The summed E-state index contributed by atoms with van der Waals surface area (Å²) in [4.78, 5) is 2.03. The second-order valence-corrected chi connectivity index (χ2v) is 15.7. The van der Waals surface area contributed by atoms with Crippen molar-refractivity contribution in [3.63, 3.8) is 0 Å². The summed E-state index contributed by atoms with van der Waals surface area (Å²) in [5.74, 6) is -0.251. The fourth-order valence-electron chi connectivity index (χ4n) is 4.77. The van der Waals surface area contributed by atoms with Gasteiger partial charge in [-0.25, -0.2) is 0 Å². The first-order chi connectivity index (χ1) is 23.8. The molecule has 0 rings (SSSR count). The molecule has 0 aromatic heterocycles. The van der Waals surface area contributed by atoms with Crippen molar-refractivity contribution >= 4 is 20.2 Å². The standard InChI is InChI=1S/C31H69N5O12S2/c1-3-5-8-28(4-2)24-48-26-30(38)21-34-12-11-32-9-10-33-13-15-36(23-31(39)27-47-18-7-20-50(43,44)45)16-14-35-22-29(37)25-46-17-6-19-49(40,41)42/h28-35,37-39H,3-27H2,1-2H3,(H,40,41,42)(H,43,44,45). The van der Waals surface area contributed by atoms with Crippen molar-refractivity contribution in [3.05, 3.63) is 0 Å². The Hall–Kier alpha value is -0.620. The summed E-state index contributed by atoms with van der Waals surface area (Å²) >= 11 is 0. The van der Waals surface area contributed by atoms with Crippen LogP contribution in [0.3, 0.4) is 0 Å². The van der Waals surface area contributed by atoms with Gasteiger partial charge in [0.05, 0.1) is 49.6 Å². The Morgan fingerprint density at radius 1 is 0.600 bits per heavy atom. The van der Waals surface area contributed by atoms with E-state index in [-0.39, 0.29) is 45.8 Å². The van der Waals surface area contributed by atoms with Crippen molar-refractivity contribution < 1.29 is 55.5 Å². The lowest BCUT2D eigenvalue weighted by Crippen LogP contribution is -2.44. The summed E-state index contributed by atoms with van der Waals surface area (Å²) in [6.07, 6.45) is 2.73. The van der Waals surface area contributed by atoms with E-state index in [9.17, 15) is 32.2 Å². The minimum Gasteiger partial charge on any atom is -0.389 e. The first kappa shape index (κ1) is 49.4. The Morgan fingerprint density at radius 3 is 1.58 bits per heavy atom. The van der Waals surface area contributed by atoms with Crippen LogP contribution in [0, 0.1) is 5.92 Å². The van der Waals surface area contributed by atoms with Gasteiger partial charge in [0.25, 0.3) is 20.2 Å². The van der Waals surface area contributed by atoms with Crippen LogP contribution >= 0.6 is 0 Å². The van der Waals surface area contributed by atoms with Gasteiger partial charge < -0.3 is 50.8 Å². The van der Waals surface area contributed by atoms with Crippen LogP contribution in [-0.2, 0) is 34.4 Å². The van der Waals surface area contributed by atoms with Gasteiger partial charge in [-0.3, -0.25) is 14.0 Å². The molecule has 302 valence electrons. The van der Waals surface area contributed by atoms with E-state index in [4.69, 9.17) is 23.3 Å². The van der Waals surface area contributed by atoms with Gasteiger partial charge in [-0.1, -0.05) is 33.1 Å². The van der Waals surface area contributed by atoms with Gasteiger partial charge in [0.15, 0.2) is 0 Å². The molecule has 0 aromatic carbocycles. The molecule has 0 aliphatic carbocycles. The molecule has 0 heterocycles. The van der Waals surface area contributed by atoms with Crippen molar-refractivity contribution in [2.24, 2.45) is 5.92 Å². The third-order valence-electron chi connectivity index (χ3n) is 7.61. The zero-order valence-electron chi connectivity index (χ0n) is 30.3. The predicted molar refractivity (Wildman–Crippen MR) is 194 cm³/mol. The van der Waals surface area contributed by atoms with Crippen LogP contribution in [0.25, 0.3) is 0 Å². The van der Waals surface area contributed by atoms with Gasteiger partial charge >= 0.3 is 0 Å². The average molecular weight is 768 g/mol. The number of aliphatic hydroxyl groups is 3. The Balaban J connectivity index is 4.25. The maximum Gasteiger partial charge on any atom is 0.264 e. The normalized spacial score (nSPS) is 15.0. The molecular formula is C31H69N5O12S2. The van der Waals surface area contributed by atoms with Crippen molar-refractivity contribution in [3.8, 4) is 0 Å². The molecule has 4 unspecified atom stereocenters. The van der Waals surface area contributed by atoms with Crippen LogP contribution in [-0.4, -0.2) is 188 Å². The molecule has 0 spiro atoms. The molecule has 0 amide bonds. The average Bonchev–Trinajstić information content (AvgIpc) is 3.03. The number of hydrogen-bond donors (Lipinski definition) is 9. The minimum atomic E-state index is -4.05. The second-order valence-electron chi connectivity index (χ2n) is 12.6. The van der Waals surface area contributed by atoms with E-state index in [1.807, 2.05) is 4.90 Å². The fraction of sp³-hybridized carbons (Fsp3) is 1.00. The Morgan fingerprint density at radius 2 is 1.06 bits per heavy atom. The number of aliphatic hydroxyl groups excluding tert-OH is 3. The highest BCUT2D eigenvalue weighted by molar-refractivity contribution is 7.86. The number of rotatable bonds is 38.